The first-order valence-electron chi connectivity index (χ1n) is 5.70. The summed E-state index contributed by atoms with van der Waals surface area (Å²) in [4.78, 5) is 22.7. The number of benzene rings is 2. The van der Waals surface area contributed by atoms with Crippen molar-refractivity contribution in [1.82, 2.24) is 0 Å². The van der Waals surface area contributed by atoms with Gasteiger partial charge in [0, 0.05) is 0 Å². The Labute approximate surface area is 108 Å². The lowest BCUT2D eigenvalue weighted by Gasteiger charge is -2.17. The first kappa shape index (κ1) is 11.5. The van der Waals surface area contributed by atoms with E-state index in [-0.39, 0.29) is 0 Å². The fourth-order valence-electron chi connectivity index (χ4n) is 2.11. The van der Waals surface area contributed by atoms with Crippen molar-refractivity contribution in [3.63, 3.8) is 0 Å². The molecule has 0 spiro atoms. The monoisotopic (exact) mass is 258 g/mol. The van der Waals surface area contributed by atoms with Crippen LogP contribution in [0.1, 0.15) is 11.1 Å². The average Bonchev–Trinajstić information content (AvgIpc) is 2.33. The van der Waals surface area contributed by atoms with Gasteiger partial charge in [-0.1, -0.05) is 18.2 Å². The third-order valence-corrected chi connectivity index (χ3v) is 3.13. The molecule has 0 unspecified atom stereocenters. The summed E-state index contributed by atoms with van der Waals surface area (Å²) < 4.78 is 14.5. The minimum absolute atomic E-state index is 0.313. The lowest BCUT2D eigenvalue weighted by Crippen LogP contribution is -2.22. The van der Waals surface area contributed by atoms with E-state index in [9.17, 15) is 9.59 Å². The average molecular weight is 258 g/mol. The van der Waals surface area contributed by atoms with Crippen molar-refractivity contribution in [2.45, 2.75) is 13.8 Å². The summed E-state index contributed by atoms with van der Waals surface area (Å²) in [6, 6.07) is 7.19. The number of carbonyl (C=O) groups is 2. The van der Waals surface area contributed by atoms with Gasteiger partial charge in [0.15, 0.2) is 0 Å². The summed E-state index contributed by atoms with van der Waals surface area (Å²) in [5.74, 6) is 0.677. The molecule has 0 radical (unpaired) electrons. The molecule has 0 amide bonds. The molecule has 1 heterocycles. The van der Waals surface area contributed by atoms with E-state index < -0.39 is 12.3 Å². The maximum absolute atomic E-state index is 11.4. The molecule has 5 heteroatoms. The van der Waals surface area contributed by atoms with E-state index in [1.54, 1.807) is 12.1 Å². The second-order valence-electron chi connectivity index (χ2n) is 4.31. The standard InChI is InChI=1S/C14H10O5/c1-7-6-9-4-3-5-10-11(9)12(8(7)2)18-14(16)19-13(15)17-10/h3-6H,1-2H3. The van der Waals surface area contributed by atoms with Crippen LogP contribution < -0.4 is 9.47 Å². The molecule has 0 aliphatic carbocycles. The van der Waals surface area contributed by atoms with E-state index in [2.05, 4.69) is 4.74 Å². The highest BCUT2D eigenvalue weighted by atomic mass is 16.8. The van der Waals surface area contributed by atoms with Crippen molar-refractivity contribution < 1.29 is 23.8 Å². The first-order chi connectivity index (χ1) is 9.06. The molecule has 0 aromatic heterocycles. The Hall–Kier alpha value is -2.56. The van der Waals surface area contributed by atoms with Crippen LogP contribution >= 0.6 is 0 Å². The van der Waals surface area contributed by atoms with Crippen LogP contribution in [-0.2, 0) is 4.74 Å². The predicted molar refractivity (Wildman–Crippen MR) is 66.6 cm³/mol. The largest absolute Gasteiger partial charge is 0.524 e. The molecule has 0 saturated heterocycles. The Bertz CT molecular complexity index is 717. The van der Waals surface area contributed by atoms with E-state index in [1.807, 2.05) is 26.0 Å². The van der Waals surface area contributed by atoms with Gasteiger partial charge in [-0.15, -0.1) is 0 Å². The third-order valence-electron chi connectivity index (χ3n) is 3.13. The zero-order chi connectivity index (χ0) is 13.6. The number of hydrogen-bond acceptors (Lipinski definition) is 5. The Morgan fingerprint density at radius 1 is 0.947 bits per heavy atom. The fraction of sp³-hybridized carbons (Fsp3) is 0.143. The van der Waals surface area contributed by atoms with E-state index in [4.69, 9.17) is 9.47 Å². The normalized spacial score (nSPS) is 14.2. The van der Waals surface area contributed by atoms with Gasteiger partial charge in [-0.05, 0) is 36.4 Å². The number of rotatable bonds is 0. The Morgan fingerprint density at radius 3 is 2.47 bits per heavy atom. The summed E-state index contributed by atoms with van der Waals surface area (Å²) in [5, 5.41) is 1.42. The maximum atomic E-state index is 11.4. The smallest absolute Gasteiger partial charge is 0.394 e. The minimum Gasteiger partial charge on any atom is -0.394 e. The number of ether oxygens (including phenoxy) is 3. The van der Waals surface area contributed by atoms with Gasteiger partial charge in [0.25, 0.3) is 0 Å². The molecule has 3 rings (SSSR count). The van der Waals surface area contributed by atoms with Crippen LogP contribution in [0.15, 0.2) is 24.3 Å². The Balaban J connectivity index is 2.41. The highest BCUT2D eigenvalue weighted by molar-refractivity contribution is 5.99. The second-order valence-corrected chi connectivity index (χ2v) is 4.31. The van der Waals surface area contributed by atoms with Gasteiger partial charge in [-0.2, -0.15) is 0 Å². The third kappa shape index (κ3) is 1.79. The fourth-order valence-corrected chi connectivity index (χ4v) is 2.11. The SMILES string of the molecule is Cc1cc2cccc3c2c(c1C)OC(=O)OC(=O)O3. The summed E-state index contributed by atoms with van der Waals surface area (Å²) in [6.07, 6.45) is -2.18. The van der Waals surface area contributed by atoms with E-state index >= 15 is 0 Å². The molecule has 0 bridgehead atoms. The first-order valence-corrected chi connectivity index (χ1v) is 5.70. The van der Waals surface area contributed by atoms with Gasteiger partial charge >= 0.3 is 12.3 Å². The van der Waals surface area contributed by atoms with Crippen LogP contribution in [0, 0.1) is 13.8 Å². The second kappa shape index (κ2) is 3.98. The topological polar surface area (TPSA) is 61.8 Å². The van der Waals surface area contributed by atoms with Crippen molar-refractivity contribution in [3.8, 4) is 11.5 Å². The maximum Gasteiger partial charge on any atom is 0.524 e. The van der Waals surface area contributed by atoms with Gasteiger partial charge in [-0.3, -0.25) is 0 Å². The molecule has 0 atom stereocenters. The molecule has 1 aliphatic heterocycles. The molecule has 5 nitrogen and oxygen atoms in total. The molecule has 0 N–H and O–H groups in total. The van der Waals surface area contributed by atoms with Gasteiger partial charge < -0.3 is 14.2 Å². The van der Waals surface area contributed by atoms with Crippen LogP contribution in [0.2, 0.25) is 0 Å². The van der Waals surface area contributed by atoms with Crippen molar-refractivity contribution in [3.05, 3.63) is 35.4 Å². The van der Waals surface area contributed by atoms with E-state index in [0.29, 0.717) is 16.9 Å². The molecule has 2 aromatic rings. The summed E-state index contributed by atoms with van der Waals surface area (Å²) in [5.41, 5.74) is 1.77. The van der Waals surface area contributed by atoms with Gasteiger partial charge in [0.05, 0.1) is 5.39 Å². The van der Waals surface area contributed by atoms with E-state index in [1.165, 1.54) is 0 Å². The van der Waals surface area contributed by atoms with Crippen molar-refractivity contribution >= 4 is 23.1 Å². The number of cyclic esters (lactones) is 2. The molecule has 0 saturated carbocycles. The zero-order valence-corrected chi connectivity index (χ0v) is 10.4. The minimum atomic E-state index is -1.10. The van der Waals surface area contributed by atoms with Crippen LogP contribution in [-0.4, -0.2) is 12.3 Å². The van der Waals surface area contributed by atoms with Crippen LogP contribution in [0.3, 0.4) is 0 Å². The number of carbonyl (C=O) groups excluding carboxylic acids is 2. The van der Waals surface area contributed by atoms with Crippen LogP contribution in [0.5, 0.6) is 11.5 Å². The summed E-state index contributed by atoms with van der Waals surface area (Å²) in [6.45, 7) is 3.75. The van der Waals surface area contributed by atoms with E-state index in [0.717, 1.165) is 16.5 Å². The van der Waals surface area contributed by atoms with Gasteiger partial charge in [-0.25, -0.2) is 9.59 Å². The molecule has 19 heavy (non-hydrogen) atoms. The Kier molecular flexibility index (Phi) is 2.41. The molecule has 96 valence electrons. The number of hydrogen-bond donors (Lipinski definition) is 0. The number of aryl methyl sites for hydroxylation is 1. The lowest BCUT2D eigenvalue weighted by atomic mass is 10.0. The lowest BCUT2D eigenvalue weighted by molar-refractivity contribution is 0.0878. The molecule has 2 aromatic carbocycles. The van der Waals surface area contributed by atoms with Gasteiger partial charge in [0.1, 0.15) is 11.5 Å². The van der Waals surface area contributed by atoms with Crippen LogP contribution in [0.4, 0.5) is 9.59 Å². The van der Waals surface area contributed by atoms with Crippen LogP contribution in [0.25, 0.3) is 10.8 Å². The molecular weight excluding hydrogens is 248 g/mol. The highest BCUT2D eigenvalue weighted by Crippen LogP contribution is 2.39. The van der Waals surface area contributed by atoms with Gasteiger partial charge in [0.2, 0.25) is 0 Å². The summed E-state index contributed by atoms with van der Waals surface area (Å²) in [7, 11) is 0. The predicted octanol–water partition coefficient (Wildman–Crippen LogP) is 3.48. The van der Waals surface area contributed by atoms with Crippen molar-refractivity contribution in [2.75, 3.05) is 0 Å². The highest BCUT2D eigenvalue weighted by Gasteiger charge is 2.24. The Morgan fingerprint density at radius 2 is 1.68 bits per heavy atom. The molecule has 0 fully saturated rings. The molecule has 1 aliphatic rings. The zero-order valence-electron chi connectivity index (χ0n) is 10.4. The van der Waals surface area contributed by atoms with Crippen molar-refractivity contribution in [2.24, 2.45) is 0 Å². The quantitative estimate of drug-likeness (QED) is 0.411. The molecular formula is C14H10O5. The summed E-state index contributed by atoms with van der Waals surface area (Å²) >= 11 is 0. The van der Waals surface area contributed by atoms with Crippen molar-refractivity contribution in [1.29, 1.82) is 0 Å².